The number of rotatable bonds is 19. The first kappa shape index (κ1) is 34.3. The lowest BCUT2D eigenvalue weighted by molar-refractivity contribution is -0.143. The van der Waals surface area contributed by atoms with Gasteiger partial charge in [0.2, 0.25) is 23.6 Å². The molecule has 0 radical (unpaired) electrons. The van der Waals surface area contributed by atoms with Crippen LogP contribution in [0, 0.1) is 0 Å². The molecule has 13 N–H and O–H groups in total. The van der Waals surface area contributed by atoms with E-state index in [2.05, 4.69) is 20.9 Å². The minimum Gasteiger partial charge on any atom is -0.481 e. The summed E-state index contributed by atoms with van der Waals surface area (Å²) in [6.45, 7) is 0.132. The van der Waals surface area contributed by atoms with Crippen molar-refractivity contribution in [3.05, 3.63) is 35.9 Å². The molecule has 1 aromatic carbocycles. The monoisotopic (exact) mass is 578 g/mol. The Morgan fingerprint density at radius 3 is 1.90 bits per heavy atom. The maximum Gasteiger partial charge on any atom is 0.326 e. The molecule has 0 spiro atoms. The Hall–Kier alpha value is -4.73. The molecule has 16 nitrogen and oxygen atoms in total. The summed E-state index contributed by atoms with van der Waals surface area (Å²) in [6.07, 6.45) is -0.860. The van der Waals surface area contributed by atoms with Crippen LogP contribution in [0.25, 0.3) is 0 Å². The quantitative estimate of drug-likeness (QED) is 0.0461. The Morgan fingerprint density at radius 2 is 1.34 bits per heavy atom. The number of carbonyl (C=O) groups is 6. The zero-order valence-corrected chi connectivity index (χ0v) is 22.5. The minimum atomic E-state index is -1.52. The molecular weight excluding hydrogens is 540 g/mol. The number of carboxylic acid groups (broad SMARTS) is 2. The van der Waals surface area contributed by atoms with E-state index in [4.69, 9.17) is 28.0 Å². The van der Waals surface area contributed by atoms with Crippen LogP contribution in [0.1, 0.15) is 44.1 Å². The van der Waals surface area contributed by atoms with Crippen LogP contribution in [-0.2, 0) is 35.2 Å². The van der Waals surface area contributed by atoms with Crippen molar-refractivity contribution in [2.75, 3.05) is 6.54 Å². The molecule has 0 saturated heterocycles. The molecular formula is C25H38N8O8. The smallest absolute Gasteiger partial charge is 0.326 e. The highest BCUT2D eigenvalue weighted by Gasteiger charge is 2.30. The highest BCUT2D eigenvalue weighted by molar-refractivity contribution is 5.94. The molecule has 0 bridgehead atoms. The third-order valence-electron chi connectivity index (χ3n) is 5.79. The normalized spacial score (nSPS) is 13.5. The lowest BCUT2D eigenvalue weighted by atomic mass is 10.0. The Bertz CT molecular complexity index is 1090. The lowest BCUT2D eigenvalue weighted by Gasteiger charge is -2.25. The van der Waals surface area contributed by atoms with Gasteiger partial charge in [0, 0.05) is 25.8 Å². The number of nitrogens with two attached hydrogens (primary N) is 4. The van der Waals surface area contributed by atoms with Crippen molar-refractivity contribution in [1.82, 2.24) is 16.0 Å². The molecule has 0 fully saturated rings. The molecule has 4 amide bonds. The Labute approximate surface area is 236 Å². The molecule has 4 atom stereocenters. The molecule has 226 valence electrons. The first-order chi connectivity index (χ1) is 19.3. The van der Waals surface area contributed by atoms with E-state index in [0.717, 1.165) is 0 Å². The van der Waals surface area contributed by atoms with Crippen molar-refractivity contribution in [1.29, 1.82) is 0 Å². The highest BCUT2D eigenvalue weighted by atomic mass is 16.4. The molecule has 1 aromatic rings. The number of guanidine groups is 1. The van der Waals surface area contributed by atoms with Crippen LogP contribution in [0.3, 0.4) is 0 Å². The number of nitrogens with zero attached hydrogens (tertiary/aromatic N) is 1. The van der Waals surface area contributed by atoms with Crippen LogP contribution in [-0.4, -0.2) is 82.5 Å². The van der Waals surface area contributed by atoms with Crippen molar-refractivity contribution in [2.45, 2.75) is 69.1 Å². The number of carbonyl (C=O) groups excluding carboxylic acids is 4. The average Bonchev–Trinajstić information content (AvgIpc) is 2.90. The third-order valence-corrected chi connectivity index (χ3v) is 5.79. The molecule has 0 saturated carbocycles. The van der Waals surface area contributed by atoms with Gasteiger partial charge in [-0.3, -0.25) is 29.0 Å². The van der Waals surface area contributed by atoms with Gasteiger partial charge in [0.25, 0.3) is 0 Å². The second-order valence-electron chi connectivity index (χ2n) is 9.20. The predicted molar refractivity (Wildman–Crippen MR) is 147 cm³/mol. The van der Waals surface area contributed by atoms with Gasteiger partial charge in [0.15, 0.2) is 5.96 Å². The van der Waals surface area contributed by atoms with Gasteiger partial charge in [-0.25, -0.2) is 4.79 Å². The fourth-order valence-corrected chi connectivity index (χ4v) is 3.61. The van der Waals surface area contributed by atoms with E-state index in [9.17, 15) is 33.9 Å². The summed E-state index contributed by atoms with van der Waals surface area (Å²) in [4.78, 5) is 76.5. The van der Waals surface area contributed by atoms with Gasteiger partial charge in [0.05, 0.1) is 6.04 Å². The molecule has 4 unspecified atom stereocenters. The van der Waals surface area contributed by atoms with Crippen molar-refractivity contribution in [3.63, 3.8) is 0 Å². The molecule has 0 aliphatic heterocycles. The van der Waals surface area contributed by atoms with Crippen molar-refractivity contribution < 1.29 is 39.0 Å². The van der Waals surface area contributed by atoms with Gasteiger partial charge in [-0.1, -0.05) is 30.3 Å². The van der Waals surface area contributed by atoms with Gasteiger partial charge in [-0.2, -0.15) is 0 Å². The Morgan fingerprint density at radius 1 is 0.756 bits per heavy atom. The van der Waals surface area contributed by atoms with Crippen LogP contribution >= 0.6 is 0 Å². The zero-order valence-electron chi connectivity index (χ0n) is 22.5. The van der Waals surface area contributed by atoms with E-state index in [1.807, 2.05) is 0 Å². The summed E-state index contributed by atoms with van der Waals surface area (Å²) in [5.74, 6) is -5.90. The van der Waals surface area contributed by atoms with E-state index >= 15 is 0 Å². The van der Waals surface area contributed by atoms with Crippen LogP contribution in [0.4, 0.5) is 0 Å². The maximum absolute atomic E-state index is 13.3. The topological polar surface area (TPSA) is 295 Å². The summed E-state index contributed by atoms with van der Waals surface area (Å²) >= 11 is 0. The first-order valence-electron chi connectivity index (χ1n) is 12.8. The van der Waals surface area contributed by atoms with Crippen molar-refractivity contribution in [3.8, 4) is 0 Å². The van der Waals surface area contributed by atoms with Crippen molar-refractivity contribution in [2.24, 2.45) is 27.9 Å². The number of aliphatic imine (C=N–C) groups is 1. The predicted octanol–water partition coefficient (Wildman–Crippen LogP) is -2.72. The molecule has 16 heteroatoms. The summed E-state index contributed by atoms with van der Waals surface area (Å²) in [5.41, 5.74) is 22.2. The summed E-state index contributed by atoms with van der Waals surface area (Å²) in [6, 6.07) is 3.37. The van der Waals surface area contributed by atoms with E-state index in [0.29, 0.717) is 5.56 Å². The number of amides is 4. The van der Waals surface area contributed by atoms with Crippen LogP contribution < -0.4 is 38.9 Å². The van der Waals surface area contributed by atoms with E-state index in [1.54, 1.807) is 30.3 Å². The number of hydrogen-bond acceptors (Lipinski definition) is 8. The zero-order chi connectivity index (χ0) is 30.9. The van der Waals surface area contributed by atoms with E-state index in [1.165, 1.54) is 0 Å². The van der Waals surface area contributed by atoms with Crippen LogP contribution in [0.2, 0.25) is 0 Å². The largest absolute Gasteiger partial charge is 0.481 e. The number of carboxylic acids is 2. The van der Waals surface area contributed by atoms with E-state index < -0.39 is 66.2 Å². The highest BCUT2D eigenvalue weighted by Crippen LogP contribution is 2.08. The van der Waals surface area contributed by atoms with Gasteiger partial charge in [-0.15, -0.1) is 0 Å². The molecule has 0 aliphatic carbocycles. The molecule has 0 aliphatic rings. The average molecular weight is 579 g/mol. The number of nitrogens with one attached hydrogen (secondary N) is 3. The standard InChI is InChI=1S/C25H38N8O8/c26-15(8-10-19(27)34)21(37)31-16(7-4-12-30-25(28)29)22(38)33-18(13-14-5-2-1-3-6-14)23(39)32-17(24(40)41)9-11-20(35)36/h1-3,5-6,15-18H,4,7-13,26H2,(H2,27,34)(H,31,37)(H,32,39)(H,33,38)(H,35,36)(H,40,41)(H4,28,29,30). The Balaban J connectivity index is 3.15. The number of primary amides is 1. The van der Waals surface area contributed by atoms with E-state index in [-0.39, 0.29) is 51.0 Å². The van der Waals surface area contributed by atoms with Gasteiger partial charge >= 0.3 is 11.9 Å². The summed E-state index contributed by atoms with van der Waals surface area (Å²) < 4.78 is 0. The number of benzene rings is 1. The van der Waals surface area contributed by atoms with Crippen LogP contribution in [0.5, 0.6) is 0 Å². The van der Waals surface area contributed by atoms with Crippen LogP contribution in [0.15, 0.2) is 35.3 Å². The lowest BCUT2D eigenvalue weighted by Crippen LogP contribution is -2.57. The van der Waals surface area contributed by atoms with Gasteiger partial charge in [0.1, 0.15) is 18.1 Å². The molecule has 0 aromatic heterocycles. The van der Waals surface area contributed by atoms with Gasteiger partial charge < -0.3 is 49.1 Å². The SMILES string of the molecule is NC(=O)CCC(N)C(=O)NC(CCCN=C(N)N)C(=O)NC(Cc1ccccc1)C(=O)NC(CCC(=O)O)C(=O)O. The first-order valence-corrected chi connectivity index (χ1v) is 12.8. The van der Waals surface area contributed by atoms with Gasteiger partial charge in [-0.05, 0) is 31.2 Å². The molecule has 0 heterocycles. The summed E-state index contributed by atoms with van der Waals surface area (Å²) in [5, 5.41) is 25.7. The fraction of sp³-hybridized carbons (Fsp3) is 0.480. The Kier molecular flexibility index (Phi) is 14.9. The maximum atomic E-state index is 13.3. The number of hydrogen-bond donors (Lipinski definition) is 9. The minimum absolute atomic E-state index is 0.0347. The third kappa shape index (κ3) is 14.3. The molecule has 41 heavy (non-hydrogen) atoms. The van der Waals surface area contributed by atoms with Crippen molar-refractivity contribution >= 4 is 41.5 Å². The number of aliphatic carboxylic acids is 2. The fourth-order valence-electron chi connectivity index (χ4n) is 3.61. The molecule has 1 rings (SSSR count). The second-order valence-corrected chi connectivity index (χ2v) is 9.20. The summed E-state index contributed by atoms with van der Waals surface area (Å²) in [7, 11) is 0. The second kappa shape index (κ2) is 17.8.